The first-order chi connectivity index (χ1) is 15.4. The lowest BCUT2D eigenvalue weighted by molar-refractivity contribution is -0.132. The van der Waals surface area contributed by atoms with Crippen LogP contribution in [0.15, 0.2) is 78.6 Å². The molecule has 1 saturated heterocycles. The van der Waals surface area contributed by atoms with E-state index in [1.165, 1.54) is 4.90 Å². The molecule has 1 aromatic heterocycles. The number of ketones is 1. The molecule has 1 aliphatic rings. The largest absolute Gasteiger partial charge is 0.507 e. The first-order valence-electron chi connectivity index (χ1n) is 10.5. The van der Waals surface area contributed by atoms with Crippen LogP contribution in [0.1, 0.15) is 29.7 Å². The van der Waals surface area contributed by atoms with Gasteiger partial charge in [0.05, 0.1) is 11.6 Å². The van der Waals surface area contributed by atoms with Crippen LogP contribution in [0.4, 0.5) is 11.4 Å². The lowest BCUT2D eigenvalue weighted by atomic mass is 9.95. The quantitative estimate of drug-likeness (QED) is 0.373. The second-order valence-electron chi connectivity index (χ2n) is 7.91. The Morgan fingerprint density at radius 2 is 1.59 bits per heavy atom. The van der Waals surface area contributed by atoms with E-state index in [1.807, 2.05) is 62.3 Å². The van der Waals surface area contributed by atoms with Crippen molar-refractivity contribution >= 4 is 28.8 Å². The second-order valence-corrected chi connectivity index (χ2v) is 7.91. The maximum Gasteiger partial charge on any atom is 0.300 e. The molecule has 0 radical (unpaired) electrons. The van der Waals surface area contributed by atoms with Gasteiger partial charge in [-0.25, -0.2) is 0 Å². The van der Waals surface area contributed by atoms with Crippen LogP contribution < -0.4 is 9.80 Å². The number of Topliss-reactive ketones (excluding diaryl/α,β-unsaturated/α-hetero) is 1. The molecule has 1 atom stereocenters. The summed E-state index contributed by atoms with van der Waals surface area (Å²) in [4.78, 5) is 33.8. The van der Waals surface area contributed by atoms with Crippen LogP contribution in [-0.4, -0.2) is 35.9 Å². The average molecular weight is 428 g/mol. The summed E-state index contributed by atoms with van der Waals surface area (Å²) in [5.41, 5.74) is 3.95. The highest BCUT2D eigenvalue weighted by atomic mass is 16.3. The van der Waals surface area contributed by atoms with Crippen LogP contribution in [0.3, 0.4) is 0 Å². The van der Waals surface area contributed by atoms with Gasteiger partial charge in [0.15, 0.2) is 0 Å². The van der Waals surface area contributed by atoms with E-state index >= 15 is 0 Å². The zero-order valence-electron chi connectivity index (χ0n) is 18.3. The normalized spacial score (nSPS) is 17.6. The van der Waals surface area contributed by atoms with Gasteiger partial charge in [-0.15, -0.1) is 0 Å². The Hall–Kier alpha value is -3.93. The zero-order chi connectivity index (χ0) is 22.8. The molecule has 0 spiro atoms. The van der Waals surface area contributed by atoms with Crippen LogP contribution in [0.25, 0.3) is 5.76 Å². The molecule has 2 aromatic carbocycles. The summed E-state index contributed by atoms with van der Waals surface area (Å²) >= 11 is 0. The molecule has 6 heteroatoms. The molecular weight excluding hydrogens is 402 g/mol. The van der Waals surface area contributed by atoms with E-state index in [1.54, 1.807) is 36.7 Å². The van der Waals surface area contributed by atoms with Crippen molar-refractivity contribution in [1.29, 1.82) is 0 Å². The third-order valence-corrected chi connectivity index (χ3v) is 5.75. The lowest BCUT2D eigenvalue weighted by Crippen LogP contribution is -2.29. The molecule has 0 saturated carbocycles. The van der Waals surface area contributed by atoms with Gasteiger partial charge in [-0.05, 0) is 53.9 Å². The molecule has 1 N–H and O–H groups in total. The Morgan fingerprint density at radius 1 is 0.969 bits per heavy atom. The molecule has 1 fully saturated rings. The lowest BCUT2D eigenvalue weighted by Gasteiger charge is -2.26. The van der Waals surface area contributed by atoms with Crippen LogP contribution in [0.2, 0.25) is 0 Å². The highest BCUT2D eigenvalue weighted by molar-refractivity contribution is 6.51. The van der Waals surface area contributed by atoms with E-state index in [0.717, 1.165) is 17.7 Å². The second kappa shape index (κ2) is 8.67. The van der Waals surface area contributed by atoms with Gasteiger partial charge < -0.3 is 10.0 Å². The van der Waals surface area contributed by atoms with E-state index in [-0.39, 0.29) is 11.3 Å². The van der Waals surface area contributed by atoms with Gasteiger partial charge in [-0.2, -0.15) is 0 Å². The van der Waals surface area contributed by atoms with Gasteiger partial charge in [0, 0.05) is 43.4 Å². The molecule has 1 aliphatic heterocycles. The number of hydrogen-bond acceptors (Lipinski definition) is 5. The Morgan fingerprint density at radius 3 is 2.16 bits per heavy atom. The molecule has 1 unspecified atom stereocenters. The predicted molar refractivity (Wildman–Crippen MR) is 126 cm³/mol. The van der Waals surface area contributed by atoms with Crippen molar-refractivity contribution in [3.63, 3.8) is 0 Å². The number of carbonyl (C=O) groups excluding carboxylic acids is 2. The number of rotatable bonds is 5. The number of carbonyl (C=O) groups is 2. The summed E-state index contributed by atoms with van der Waals surface area (Å²) in [7, 11) is 3.87. The Labute approximate surface area is 187 Å². The van der Waals surface area contributed by atoms with Gasteiger partial charge in [-0.1, -0.05) is 31.2 Å². The topological polar surface area (TPSA) is 73.7 Å². The number of anilines is 2. The number of amides is 1. The third-order valence-electron chi connectivity index (χ3n) is 5.75. The molecule has 2 heterocycles. The fraction of sp³-hybridized carbons (Fsp3) is 0.192. The SMILES string of the molecule is CCc1ccc(/C(O)=C2\C(=O)C(=O)N(c3ccc(N(C)C)cc3)C2c2ccncc2)cc1. The summed E-state index contributed by atoms with van der Waals surface area (Å²) < 4.78 is 0. The maximum absolute atomic E-state index is 13.2. The van der Waals surface area contributed by atoms with Crippen molar-refractivity contribution in [2.24, 2.45) is 0 Å². The molecule has 1 amide bonds. The minimum atomic E-state index is -0.756. The van der Waals surface area contributed by atoms with E-state index < -0.39 is 17.7 Å². The van der Waals surface area contributed by atoms with Crippen molar-refractivity contribution in [2.75, 3.05) is 23.9 Å². The Kier molecular flexibility index (Phi) is 5.77. The zero-order valence-corrected chi connectivity index (χ0v) is 18.3. The first kappa shape index (κ1) is 21.3. The Bertz CT molecular complexity index is 1170. The molecule has 0 bridgehead atoms. The van der Waals surface area contributed by atoms with E-state index in [4.69, 9.17) is 0 Å². The number of hydrogen-bond donors (Lipinski definition) is 1. The Balaban J connectivity index is 1.87. The van der Waals surface area contributed by atoms with Crippen LogP contribution >= 0.6 is 0 Å². The summed E-state index contributed by atoms with van der Waals surface area (Å²) in [6, 6.07) is 17.5. The van der Waals surface area contributed by atoms with Crippen molar-refractivity contribution in [3.8, 4) is 0 Å². The standard InChI is InChI=1S/C26H25N3O3/c1-4-17-5-7-19(8-6-17)24(30)22-23(18-13-15-27-16-14-18)29(26(32)25(22)31)21-11-9-20(10-12-21)28(2)3/h5-16,23,30H,4H2,1-3H3/b24-22+. The fourth-order valence-electron chi connectivity index (χ4n) is 3.93. The molecule has 6 nitrogen and oxygen atoms in total. The van der Waals surface area contributed by atoms with E-state index in [9.17, 15) is 14.7 Å². The highest BCUT2D eigenvalue weighted by Gasteiger charge is 2.46. The fourth-order valence-corrected chi connectivity index (χ4v) is 3.93. The first-order valence-corrected chi connectivity index (χ1v) is 10.5. The summed E-state index contributed by atoms with van der Waals surface area (Å²) in [5.74, 6) is -1.56. The molecular formula is C26H25N3O3. The van der Waals surface area contributed by atoms with Crippen molar-refractivity contribution in [2.45, 2.75) is 19.4 Å². The molecule has 4 rings (SSSR count). The number of aliphatic hydroxyl groups is 1. The molecule has 3 aromatic rings. The van der Waals surface area contributed by atoms with Crippen LogP contribution in [-0.2, 0) is 16.0 Å². The molecule has 0 aliphatic carbocycles. The number of aliphatic hydroxyl groups excluding tert-OH is 1. The molecule has 32 heavy (non-hydrogen) atoms. The summed E-state index contributed by atoms with van der Waals surface area (Å²) in [6.07, 6.45) is 4.09. The van der Waals surface area contributed by atoms with Crippen molar-refractivity contribution in [3.05, 3.63) is 95.3 Å². The van der Waals surface area contributed by atoms with Gasteiger partial charge >= 0.3 is 0 Å². The predicted octanol–water partition coefficient (Wildman–Crippen LogP) is 4.34. The molecule has 162 valence electrons. The highest BCUT2D eigenvalue weighted by Crippen LogP contribution is 2.42. The number of aryl methyl sites for hydroxylation is 1. The summed E-state index contributed by atoms with van der Waals surface area (Å²) in [5, 5.41) is 11.1. The average Bonchev–Trinajstić information content (AvgIpc) is 3.09. The van der Waals surface area contributed by atoms with Gasteiger partial charge in [-0.3, -0.25) is 19.5 Å². The third kappa shape index (κ3) is 3.75. The smallest absolute Gasteiger partial charge is 0.300 e. The van der Waals surface area contributed by atoms with E-state index in [2.05, 4.69) is 4.98 Å². The van der Waals surface area contributed by atoms with Gasteiger partial charge in [0.1, 0.15) is 5.76 Å². The van der Waals surface area contributed by atoms with Gasteiger partial charge in [0.25, 0.3) is 11.7 Å². The van der Waals surface area contributed by atoms with E-state index in [0.29, 0.717) is 16.8 Å². The number of benzene rings is 2. The van der Waals surface area contributed by atoms with Crippen molar-refractivity contribution in [1.82, 2.24) is 4.98 Å². The van der Waals surface area contributed by atoms with Crippen LogP contribution in [0.5, 0.6) is 0 Å². The van der Waals surface area contributed by atoms with Crippen LogP contribution in [0, 0.1) is 0 Å². The van der Waals surface area contributed by atoms with Gasteiger partial charge in [0.2, 0.25) is 0 Å². The minimum Gasteiger partial charge on any atom is -0.507 e. The summed E-state index contributed by atoms with van der Waals surface area (Å²) in [6.45, 7) is 2.05. The monoisotopic (exact) mass is 427 g/mol. The minimum absolute atomic E-state index is 0.0714. The number of pyridine rings is 1. The number of aromatic nitrogens is 1. The number of nitrogens with zero attached hydrogens (tertiary/aromatic N) is 3. The van der Waals surface area contributed by atoms with Crippen molar-refractivity contribution < 1.29 is 14.7 Å². The maximum atomic E-state index is 13.2.